The average molecular weight is 334 g/mol. The van der Waals surface area contributed by atoms with Crippen LogP contribution in [0.4, 0.5) is 4.39 Å². The largest absolute Gasteiger partial charge is 0.483 e. The lowest BCUT2D eigenvalue weighted by atomic mass is 9.95. The van der Waals surface area contributed by atoms with Gasteiger partial charge in [0.25, 0.3) is 5.91 Å². The normalized spacial score (nSPS) is 11.2. The molecule has 1 aromatic rings. The second kappa shape index (κ2) is 6.86. The van der Waals surface area contributed by atoms with Crippen LogP contribution in [-0.2, 0) is 4.79 Å². The van der Waals surface area contributed by atoms with Crippen LogP contribution < -0.4 is 10.1 Å². The van der Waals surface area contributed by atoms with Crippen molar-refractivity contribution in [3.63, 3.8) is 0 Å². The van der Waals surface area contributed by atoms with Gasteiger partial charge in [0.1, 0.15) is 11.6 Å². The minimum absolute atomic E-state index is 0.0162. The van der Waals surface area contributed by atoms with Crippen LogP contribution in [0, 0.1) is 11.2 Å². The molecule has 0 atom stereocenters. The zero-order valence-electron chi connectivity index (χ0n) is 10.9. The van der Waals surface area contributed by atoms with E-state index >= 15 is 0 Å². The summed E-state index contributed by atoms with van der Waals surface area (Å²) in [5.74, 6) is -0.274. The molecule has 1 aromatic carbocycles. The van der Waals surface area contributed by atoms with E-state index in [1.807, 2.05) is 13.8 Å². The minimum atomic E-state index is -0.381. The van der Waals surface area contributed by atoms with Gasteiger partial charge in [0, 0.05) is 18.6 Å². The highest BCUT2D eigenvalue weighted by Crippen LogP contribution is 2.25. The van der Waals surface area contributed by atoms with E-state index in [2.05, 4.69) is 21.2 Å². The smallest absolute Gasteiger partial charge is 0.257 e. The van der Waals surface area contributed by atoms with Crippen molar-refractivity contribution in [2.45, 2.75) is 13.8 Å². The van der Waals surface area contributed by atoms with Crippen LogP contribution in [0.1, 0.15) is 13.8 Å². The van der Waals surface area contributed by atoms with Gasteiger partial charge in [-0.15, -0.1) is 0 Å². The molecule has 0 spiro atoms. The van der Waals surface area contributed by atoms with E-state index in [9.17, 15) is 9.18 Å². The molecular formula is C13H17BrFNO3. The first kappa shape index (κ1) is 15.9. The molecule has 0 aromatic heterocycles. The first-order chi connectivity index (χ1) is 8.84. The molecule has 0 aliphatic heterocycles. The van der Waals surface area contributed by atoms with Crippen LogP contribution in [0.3, 0.4) is 0 Å². The standard InChI is InChI=1S/C13H17BrFNO3/c1-13(2,8-17)7-16-12(18)6-19-11-4-3-9(15)5-10(11)14/h3-5,17H,6-8H2,1-2H3,(H,16,18). The number of hydrogen-bond acceptors (Lipinski definition) is 3. The summed E-state index contributed by atoms with van der Waals surface area (Å²) in [5.41, 5.74) is -0.369. The molecule has 0 fully saturated rings. The number of amides is 1. The highest BCUT2D eigenvalue weighted by Gasteiger charge is 2.17. The fraction of sp³-hybridized carbons (Fsp3) is 0.462. The quantitative estimate of drug-likeness (QED) is 0.838. The van der Waals surface area contributed by atoms with Gasteiger partial charge in [-0.1, -0.05) is 13.8 Å². The number of aliphatic hydroxyl groups is 1. The Morgan fingerprint density at radius 3 is 2.79 bits per heavy atom. The van der Waals surface area contributed by atoms with Crippen molar-refractivity contribution in [1.29, 1.82) is 0 Å². The summed E-state index contributed by atoms with van der Waals surface area (Å²) in [6.07, 6.45) is 0. The number of rotatable bonds is 6. The Hall–Kier alpha value is -1.14. The molecule has 1 rings (SSSR count). The van der Waals surface area contributed by atoms with Crippen LogP contribution in [0.2, 0.25) is 0 Å². The Balaban J connectivity index is 2.42. The molecule has 4 nitrogen and oxygen atoms in total. The van der Waals surface area contributed by atoms with Gasteiger partial charge in [0.05, 0.1) is 4.47 Å². The Labute approximate surface area is 120 Å². The molecule has 106 valence electrons. The summed E-state index contributed by atoms with van der Waals surface area (Å²) in [5, 5.41) is 11.7. The maximum atomic E-state index is 12.8. The third-order valence-electron chi connectivity index (χ3n) is 2.44. The molecule has 2 N–H and O–H groups in total. The summed E-state index contributed by atoms with van der Waals surface area (Å²) in [6.45, 7) is 3.86. The minimum Gasteiger partial charge on any atom is -0.483 e. The molecule has 0 radical (unpaired) electrons. The van der Waals surface area contributed by atoms with E-state index in [-0.39, 0.29) is 30.4 Å². The summed E-state index contributed by atoms with van der Waals surface area (Å²) < 4.78 is 18.6. The topological polar surface area (TPSA) is 58.6 Å². The number of hydrogen-bond donors (Lipinski definition) is 2. The number of aliphatic hydroxyl groups excluding tert-OH is 1. The van der Waals surface area contributed by atoms with Crippen molar-refractivity contribution in [2.75, 3.05) is 19.8 Å². The fourth-order valence-corrected chi connectivity index (χ4v) is 1.65. The SMILES string of the molecule is CC(C)(CO)CNC(=O)COc1ccc(F)cc1Br. The predicted octanol–water partition coefficient (Wildman–Crippen LogP) is 2.10. The molecular weight excluding hydrogens is 317 g/mol. The van der Waals surface area contributed by atoms with Crippen LogP contribution in [0.15, 0.2) is 22.7 Å². The molecule has 0 aliphatic rings. The summed E-state index contributed by atoms with van der Waals surface area (Å²) in [7, 11) is 0. The van der Waals surface area contributed by atoms with Crippen molar-refractivity contribution in [2.24, 2.45) is 5.41 Å². The lowest BCUT2D eigenvalue weighted by molar-refractivity contribution is -0.123. The van der Waals surface area contributed by atoms with Crippen molar-refractivity contribution in [1.82, 2.24) is 5.32 Å². The average Bonchev–Trinajstić information content (AvgIpc) is 2.35. The van der Waals surface area contributed by atoms with E-state index in [0.717, 1.165) is 0 Å². The molecule has 0 saturated carbocycles. The second-order valence-electron chi connectivity index (χ2n) is 4.96. The van der Waals surface area contributed by atoms with Crippen LogP contribution >= 0.6 is 15.9 Å². The van der Waals surface area contributed by atoms with Gasteiger partial charge in [0.2, 0.25) is 0 Å². The van der Waals surface area contributed by atoms with E-state index in [1.165, 1.54) is 18.2 Å². The van der Waals surface area contributed by atoms with Crippen molar-refractivity contribution >= 4 is 21.8 Å². The van der Waals surface area contributed by atoms with E-state index in [1.54, 1.807) is 0 Å². The number of benzene rings is 1. The molecule has 1 amide bonds. The molecule has 0 heterocycles. The van der Waals surface area contributed by atoms with Crippen LogP contribution in [0.5, 0.6) is 5.75 Å². The van der Waals surface area contributed by atoms with Crippen LogP contribution in [-0.4, -0.2) is 30.8 Å². The van der Waals surface area contributed by atoms with Crippen molar-refractivity contribution in [3.05, 3.63) is 28.5 Å². The summed E-state index contributed by atoms with van der Waals surface area (Å²) in [4.78, 5) is 11.6. The number of nitrogens with one attached hydrogen (secondary N) is 1. The second-order valence-corrected chi connectivity index (χ2v) is 5.82. The Morgan fingerprint density at radius 1 is 1.53 bits per heavy atom. The van der Waals surface area contributed by atoms with Gasteiger partial charge < -0.3 is 15.2 Å². The van der Waals surface area contributed by atoms with Crippen molar-refractivity contribution < 1.29 is 19.0 Å². The summed E-state index contributed by atoms with van der Waals surface area (Å²) >= 11 is 3.15. The Bertz CT molecular complexity index is 452. The Morgan fingerprint density at radius 2 is 2.21 bits per heavy atom. The molecule has 0 bridgehead atoms. The van der Waals surface area contributed by atoms with E-state index < -0.39 is 0 Å². The van der Waals surface area contributed by atoms with Gasteiger partial charge in [-0.05, 0) is 34.1 Å². The summed E-state index contributed by atoms with van der Waals surface area (Å²) in [6, 6.07) is 3.97. The molecule has 0 saturated heterocycles. The third-order valence-corrected chi connectivity index (χ3v) is 3.06. The Kier molecular flexibility index (Phi) is 5.75. The van der Waals surface area contributed by atoms with Gasteiger partial charge in [0.15, 0.2) is 6.61 Å². The van der Waals surface area contributed by atoms with Crippen molar-refractivity contribution in [3.8, 4) is 5.75 Å². The van der Waals surface area contributed by atoms with Gasteiger partial charge in [-0.2, -0.15) is 0 Å². The maximum absolute atomic E-state index is 12.8. The van der Waals surface area contributed by atoms with E-state index in [0.29, 0.717) is 16.8 Å². The highest BCUT2D eigenvalue weighted by molar-refractivity contribution is 9.10. The lowest BCUT2D eigenvalue weighted by Gasteiger charge is -2.21. The first-order valence-electron chi connectivity index (χ1n) is 5.79. The molecule has 19 heavy (non-hydrogen) atoms. The van der Waals surface area contributed by atoms with Gasteiger partial charge >= 0.3 is 0 Å². The number of halogens is 2. The van der Waals surface area contributed by atoms with Gasteiger partial charge in [-0.3, -0.25) is 4.79 Å². The highest BCUT2D eigenvalue weighted by atomic mass is 79.9. The number of carbonyl (C=O) groups excluding carboxylic acids is 1. The third kappa shape index (κ3) is 5.57. The molecule has 6 heteroatoms. The predicted molar refractivity (Wildman–Crippen MR) is 73.5 cm³/mol. The zero-order valence-corrected chi connectivity index (χ0v) is 12.5. The number of carbonyl (C=O) groups is 1. The lowest BCUT2D eigenvalue weighted by Crippen LogP contribution is -2.38. The van der Waals surface area contributed by atoms with E-state index in [4.69, 9.17) is 9.84 Å². The maximum Gasteiger partial charge on any atom is 0.257 e. The van der Waals surface area contributed by atoms with Gasteiger partial charge in [-0.25, -0.2) is 4.39 Å². The fourth-order valence-electron chi connectivity index (χ4n) is 1.18. The number of ether oxygens (including phenoxy) is 1. The van der Waals surface area contributed by atoms with Crippen LogP contribution in [0.25, 0.3) is 0 Å². The zero-order chi connectivity index (χ0) is 14.5. The monoisotopic (exact) mass is 333 g/mol. The molecule has 0 aliphatic carbocycles. The molecule has 0 unspecified atom stereocenters. The first-order valence-corrected chi connectivity index (χ1v) is 6.59.